The summed E-state index contributed by atoms with van der Waals surface area (Å²) in [6.45, 7) is 6.51. The van der Waals surface area contributed by atoms with Crippen LogP contribution >= 0.6 is 0 Å². The van der Waals surface area contributed by atoms with Crippen molar-refractivity contribution in [2.45, 2.75) is 297 Å². The van der Waals surface area contributed by atoms with Gasteiger partial charge in [0.2, 0.25) is 0 Å². The van der Waals surface area contributed by atoms with Crippen LogP contribution in [0.15, 0.2) is 48.6 Å². The molecule has 0 aromatic heterocycles. The molecule has 1 atom stereocenters. The summed E-state index contributed by atoms with van der Waals surface area (Å²) in [5.74, 6) is -0.897. The largest absolute Gasteiger partial charge is 0.462 e. The van der Waals surface area contributed by atoms with Crippen LogP contribution in [0.1, 0.15) is 290 Å². The van der Waals surface area contributed by atoms with Crippen LogP contribution in [0.3, 0.4) is 0 Å². The minimum Gasteiger partial charge on any atom is -0.462 e. The van der Waals surface area contributed by atoms with Gasteiger partial charge in [-0.1, -0.05) is 256 Å². The van der Waals surface area contributed by atoms with Gasteiger partial charge in [-0.3, -0.25) is 14.4 Å². The van der Waals surface area contributed by atoms with Crippen LogP contribution in [-0.4, -0.2) is 37.2 Å². The molecular weight excluding hydrogens is 805 g/mol. The number of ether oxygens (including phenoxy) is 3. The van der Waals surface area contributed by atoms with Crippen molar-refractivity contribution >= 4 is 17.9 Å². The summed E-state index contributed by atoms with van der Waals surface area (Å²) in [4.78, 5) is 38.1. The monoisotopic (exact) mass is 911 g/mol. The van der Waals surface area contributed by atoms with Gasteiger partial charge in [-0.2, -0.15) is 0 Å². The molecule has 0 saturated heterocycles. The molecule has 0 amide bonds. The Balaban J connectivity index is 4.35. The zero-order valence-electron chi connectivity index (χ0n) is 43.3. The molecule has 0 aromatic rings. The van der Waals surface area contributed by atoms with Crippen LogP contribution in [0.5, 0.6) is 0 Å². The molecule has 0 saturated carbocycles. The Hall–Kier alpha value is -2.63. The fraction of sp³-hybridized carbons (Fsp3) is 0.814. The fourth-order valence-corrected chi connectivity index (χ4v) is 8.14. The van der Waals surface area contributed by atoms with Crippen LogP contribution in [0.25, 0.3) is 0 Å². The molecule has 0 aliphatic carbocycles. The number of esters is 3. The molecule has 6 nitrogen and oxygen atoms in total. The van der Waals surface area contributed by atoms with E-state index in [1.54, 1.807) is 0 Å². The third kappa shape index (κ3) is 52.2. The van der Waals surface area contributed by atoms with Crippen molar-refractivity contribution in [3.63, 3.8) is 0 Å². The SMILES string of the molecule is CC\C=C/C=C\C=C/CCCCCCCC(=O)OCC(COC(=O)CCCCCCCCCCCCCCCCCCCC)OC(=O)CCCCCCC/C=C\CCCCCCCCC. The summed E-state index contributed by atoms with van der Waals surface area (Å²) in [6, 6.07) is 0. The molecule has 0 fully saturated rings. The Morgan fingerprint density at radius 2 is 0.615 bits per heavy atom. The molecule has 1 unspecified atom stereocenters. The van der Waals surface area contributed by atoms with Crippen molar-refractivity contribution in [1.29, 1.82) is 0 Å². The van der Waals surface area contributed by atoms with Crippen molar-refractivity contribution < 1.29 is 28.6 Å². The highest BCUT2D eigenvalue weighted by Gasteiger charge is 2.19. The van der Waals surface area contributed by atoms with Gasteiger partial charge in [0.05, 0.1) is 0 Å². The van der Waals surface area contributed by atoms with E-state index in [1.165, 1.54) is 154 Å². The highest BCUT2D eigenvalue weighted by Crippen LogP contribution is 2.16. The molecule has 0 aliphatic rings. The lowest BCUT2D eigenvalue weighted by Gasteiger charge is -2.18. The Labute approximate surface area is 403 Å². The smallest absolute Gasteiger partial charge is 0.306 e. The van der Waals surface area contributed by atoms with Gasteiger partial charge in [0.15, 0.2) is 6.10 Å². The average molecular weight is 911 g/mol. The van der Waals surface area contributed by atoms with Crippen LogP contribution in [-0.2, 0) is 28.6 Å². The lowest BCUT2D eigenvalue weighted by Crippen LogP contribution is -2.30. The molecule has 0 rings (SSSR count). The van der Waals surface area contributed by atoms with Gasteiger partial charge in [0.1, 0.15) is 13.2 Å². The summed E-state index contributed by atoms with van der Waals surface area (Å²) < 4.78 is 16.8. The first kappa shape index (κ1) is 62.4. The predicted octanol–water partition coefficient (Wildman–Crippen LogP) is 18.7. The second-order valence-electron chi connectivity index (χ2n) is 18.9. The third-order valence-electron chi connectivity index (χ3n) is 12.4. The standard InChI is InChI=1S/C59H106O6/c1-4-7-10-13-16-19-22-25-27-29-30-32-34-37-40-43-46-49-52-58(61)64-55-56(54-63-57(60)51-48-45-42-39-36-33-24-21-18-15-12-9-6-3)65-59(62)53-50-47-44-41-38-35-31-28-26-23-20-17-14-11-8-5-2/h9,12,15,18,21,24,28,31,56H,4-8,10-11,13-14,16-17,19-20,22-23,25-27,29-30,32-55H2,1-3H3/b12-9-,18-15-,24-21-,31-28-. The Morgan fingerprint density at radius 3 is 0.969 bits per heavy atom. The van der Waals surface area contributed by atoms with E-state index in [4.69, 9.17) is 14.2 Å². The predicted molar refractivity (Wildman–Crippen MR) is 279 cm³/mol. The number of rotatable bonds is 51. The van der Waals surface area contributed by atoms with Gasteiger partial charge >= 0.3 is 17.9 Å². The first-order chi connectivity index (χ1) is 32.0. The second kappa shape index (κ2) is 54.0. The van der Waals surface area contributed by atoms with Crippen LogP contribution in [0.2, 0.25) is 0 Å². The van der Waals surface area contributed by atoms with E-state index in [2.05, 4.69) is 69.4 Å². The van der Waals surface area contributed by atoms with E-state index >= 15 is 0 Å². The van der Waals surface area contributed by atoms with Crippen molar-refractivity contribution in [2.24, 2.45) is 0 Å². The highest BCUT2D eigenvalue weighted by atomic mass is 16.6. The zero-order valence-corrected chi connectivity index (χ0v) is 43.3. The first-order valence-electron chi connectivity index (χ1n) is 28.2. The molecule has 0 heterocycles. The Kier molecular flexibility index (Phi) is 51.8. The minimum atomic E-state index is -0.783. The lowest BCUT2D eigenvalue weighted by molar-refractivity contribution is -0.167. The maximum absolute atomic E-state index is 12.8. The van der Waals surface area contributed by atoms with Crippen LogP contribution in [0, 0.1) is 0 Å². The van der Waals surface area contributed by atoms with E-state index in [-0.39, 0.29) is 31.1 Å². The molecule has 0 spiro atoms. The molecular formula is C59H106O6. The van der Waals surface area contributed by atoms with Gasteiger partial charge in [0, 0.05) is 19.3 Å². The minimum absolute atomic E-state index is 0.0803. The van der Waals surface area contributed by atoms with Crippen LogP contribution in [0.4, 0.5) is 0 Å². The number of carbonyl (C=O) groups excluding carboxylic acids is 3. The van der Waals surface area contributed by atoms with E-state index in [9.17, 15) is 14.4 Å². The molecule has 378 valence electrons. The fourth-order valence-electron chi connectivity index (χ4n) is 8.14. The van der Waals surface area contributed by atoms with E-state index < -0.39 is 6.10 Å². The Morgan fingerprint density at radius 1 is 0.323 bits per heavy atom. The molecule has 6 heteroatoms. The van der Waals surface area contributed by atoms with Gasteiger partial charge in [-0.25, -0.2) is 0 Å². The number of hydrogen-bond acceptors (Lipinski definition) is 6. The van der Waals surface area contributed by atoms with Crippen molar-refractivity contribution in [3.05, 3.63) is 48.6 Å². The number of hydrogen-bond donors (Lipinski definition) is 0. The second-order valence-corrected chi connectivity index (χ2v) is 18.9. The molecule has 0 bridgehead atoms. The number of allylic oxidation sites excluding steroid dienone is 8. The summed E-state index contributed by atoms with van der Waals surface area (Å²) in [7, 11) is 0. The van der Waals surface area contributed by atoms with Gasteiger partial charge in [0.25, 0.3) is 0 Å². The topological polar surface area (TPSA) is 78.9 Å². The maximum Gasteiger partial charge on any atom is 0.306 e. The molecule has 0 N–H and O–H groups in total. The summed E-state index contributed by atoms with van der Waals surface area (Å²) in [5, 5.41) is 0. The van der Waals surface area contributed by atoms with Gasteiger partial charge in [-0.15, -0.1) is 0 Å². The zero-order chi connectivity index (χ0) is 47.2. The van der Waals surface area contributed by atoms with E-state index in [0.29, 0.717) is 19.3 Å². The average Bonchev–Trinajstić information content (AvgIpc) is 3.30. The normalized spacial score (nSPS) is 12.4. The van der Waals surface area contributed by atoms with Crippen LogP contribution < -0.4 is 0 Å². The lowest BCUT2D eigenvalue weighted by atomic mass is 10.0. The summed E-state index contributed by atoms with van der Waals surface area (Å²) in [5.41, 5.74) is 0. The number of unbranched alkanes of at least 4 members (excludes halogenated alkanes) is 34. The highest BCUT2D eigenvalue weighted by molar-refractivity contribution is 5.71. The maximum atomic E-state index is 12.8. The quantitative estimate of drug-likeness (QED) is 0.0199. The number of carbonyl (C=O) groups is 3. The van der Waals surface area contributed by atoms with Crippen molar-refractivity contribution in [1.82, 2.24) is 0 Å². The first-order valence-corrected chi connectivity index (χ1v) is 28.2. The van der Waals surface area contributed by atoms with Gasteiger partial charge in [-0.05, 0) is 64.2 Å². The van der Waals surface area contributed by atoms with Crippen molar-refractivity contribution in [2.75, 3.05) is 13.2 Å². The van der Waals surface area contributed by atoms with Gasteiger partial charge < -0.3 is 14.2 Å². The van der Waals surface area contributed by atoms with E-state index in [1.807, 2.05) is 0 Å². The summed E-state index contributed by atoms with van der Waals surface area (Å²) in [6.07, 6.45) is 65.3. The molecule has 0 radical (unpaired) electrons. The molecule has 65 heavy (non-hydrogen) atoms. The van der Waals surface area contributed by atoms with Crippen molar-refractivity contribution in [3.8, 4) is 0 Å². The van der Waals surface area contributed by atoms with E-state index in [0.717, 1.165) is 96.3 Å². The Bertz CT molecular complexity index is 1140. The summed E-state index contributed by atoms with van der Waals surface area (Å²) >= 11 is 0. The third-order valence-corrected chi connectivity index (χ3v) is 12.4. The molecule has 0 aromatic carbocycles. The molecule has 0 aliphatic heterocycles.